The number of carbonyl (C=O) groups excluding carboxylic acids is 1. The van der Waals surface area contributed by atoms with Crippen LogP contribution in [0.5, 0.6) is 0 Å². The molecular formula is C12H23N3O. The summed E-state index contributed by atoms with van der Waals surface area (Å²) in [7, 11) is 2.14. The smallest absolute Gasteiger partial charge is 0.221 e. The van der Waals surface area contributed by atoms with Crippen LogP contribution in [0.15, 0.2) is 0 Å². The lowest BCUT2D eigenvalue weighted by molar-refractivity contribution is -0.122. The molecule has 0 aromatic carbocycles. The lowest BCUT2D eigenvalue weighted by atomic mass is 10.0. The van der Waals surface area contributed by atoms with E-state index in [2.05, 4.69) is 22.6 Å². The highest BCUT2D eigenvalue weighted by Gasteiger charge is 2.21. The van der Waals surface area contributed by atoms with Gasteiger partial charge in [-0.2, -0.15) is 0 Å². The summed E-state index contributed by atoms with van der Waals surface area (Å²) in [6.07, 6.45) is 5.22. The lowest BCUT2D eigenvalue weighted by Gasteiger charge is -2.29. The Balaban J connectivity index is 1.66. The summed E-state index contributed by atoms with van der Waals surface area (Å²) in [5.41, 5.74) is 0. The minimum absolute atomic E-state index is 0.231. The normalized spacial score (nSPS) is 28.2. The third kappa shape index (κ3) is 3.46. The van der Waals surface area contributed by atoms with Gasteiger partial charge < -0.3 is 15.5 Å². The van der Waals surface area contributed by atoms with Crippen LogP contribution in [0.1, 0.15) is 32.1 Å². The van der Waals surface area contributed by atoms with Crippen molar-refractivity contribution in [3.63, 3.8) is 0 Å². The molecule has 1 unspecified atom stereocenters. The van der Waals surface area contributed by atoms with Gasteiger partial charge in [0.15, 0.2) is 0 Å². The third-order valence-corrected chi connectivity index (χ3v) is 3.68. The van der Waals surface area contributed by atoms with Crippen molar-refractivity contribution in [3.05, 3.63) is 0 Å². The van der Waals surface area contributed by atoms with E-state index in [0.29, 0.717) is 18.5 Å². The maximum atomic E-state index is 11.8. The van der Waals surface area contributed by atoms with Gasteiger partial charge in [-0.15, -0.1) is 0 Å². The van der Waals surface area contributed by atoms with Crippen LogP contribution in [0, 0.1) is 0 Å². The van der Waals surface area contributed by atoms with Crippen molar-refractivity contribution >= 4 is 5.91 Å². The predicted molar refractivity (Wildman–Crippen MR) is 64.3 cm³/mol. The topological polar surface area (TPSA) is 44.4 Å². The van der Waals surface area contributed by atoms with E-state index >= 15 is 0 Å². The Morgan fingerprint density at radius 3 is 2.75 bits per heavy atom. The van der Waals surface area contributed by atoms with Crippen LogP contribution in [0.4, 0.5) is 0 Å². The molecule has 92 valence electrons. The number of likely N-dealkylation sites (tertiary alicyclic amines) is 1. The first-order valence-electron chi connectivity index (χ1n) is 6.45. The molecule has 2 N–H and O–H groups in total. The fourth-order valence-electron chi connectivity index (χ4n) is 2.59. The molecule has 2 aliphatic rings. The van der Waals surface area contributed by atoms with Crippen LogP contribution in [0.3, 0.4) is 0 Å². The van der Waals surface area contributed by atoms with Crippen LogP contribution in [-0.2, 0) is 4.79 Å². The van der Waals surface area contributed by atoms with E-state index in [4.69, 9.17) is 0 Å². The van der Waals surface area contributed by atoms with Crippen LogP contribution in [0.25, 0.3) is 0 Å². The van der Waals surface area contributed by atoms with Gasteiger partial charge >= 0.3 is 0 Å². The average molecular weight is 225 g/mol. The van der Waals surface area contributed by atoms with Crippen molar-refractivity contribution in [1.29, 1.82) is 0 Å². The number of nitrogens with one attached hydrogen (secondary N) is 2. The summed E-state index contributed by atoms with van der Waals surface area (Å²) in [5, 5.41) is 6.52. The molecule has 2 heterocycles. The second kappa shape index (κ2) is 5.64. The van der Waals surface area contributed by atoms with Crippen molar-refractivity contribution < 1.29 is 4.79 Å². The van der Waals surface area contributed by atoms with Gasteiger partial charge in [-0.3, -0.25) is 4.79 Å². The minimum atomic E-state index is 0.231. The van der Waals surface area contributed by atoms with Gasteiger partial charge in [0, 0.05) is 18.5 Å². The van der Waals surface area contributed by atoms with Crippen LogP contribution in [0.2, 0.25) is 0 Å². The molecule has 1 atom stereocenters. The fraction of sp³-hybridized carbons (Fsp3) is 0.917. The zero-order valence-electron chi connectivity index (χ0n) is 10.2. The minimum Gasteiger partial charge on any atom is -0.353 e. The molecule has 4 nitrogen and oxygen atoms in total. The van der Waals surface area contributed by atoms with Gasteiger partial charge in [-0.1, -0.05) is 0 Å². The Hall–Kier alpha value is -0.610. The molecule has 0 aliphatic carbocycles. The number of hydrogen-bond donors (Lipinski definition) is 2. The highest BCUT2D eigenvalue weighted by atomic mass is 16.1. The van der Waals surface area contributed by atoms with E-state index < -0.39 is 0 Å². The molecule has 0 aromatic rings. The first-order valence-corrected chi connectivity index (χ1v) is 6.45. The average Bonchev–Trinajstić information content (AvgIpc) is 2.74. The Kier molecular flexibility index (Phi) is 4.18. The SMILES string of the molecule is CN1CCC(NC(=O)CC2CCCN2)CC1. The first-order chi connectivity index (χ1) is 7.74. The van der Waals surface area contributed by atoms with Gasteiger partial charge in [0.1, 0.15) is 0 Å². The molecule has 2 saturated heterocycles. The second-order valence-corrected chi connectivity index (χ2v) is 5.14. The molecule has 1 amide bonds. The van der Waals surface area contributed by atoms with Gasteiger partial charge in [0.05, 0.1) is 0 Å². The fourth-order valence-corrected chi connectivity index (χ4v) is 2.59. The number of piperidine rings is 1. The molecule has 0 radical (unpaired) electrons. The van der Waals surface area contributed by atoms with Crippen molar-refractivity contribution in [1.82, 2.24) is 15.5 Å². The zero-order valence-corrected chi connectivity index (χ0v) is 10.2. The van der Waals surface area contributed by atoms with Gasteiger partial charge in [-0.05, 0) is 52.4 Å². The summed E-state index contributed by atoms with van der Waals surface area (Å²) in [5.74, 6) is 0.231. The van der Waals surface area contributed by atoms with Crippen LogP contribution < -0.4 is 10.6 Å². The third-order valence-electron chi connectivity index (χ3n) is 3.68. The Labute approximate surface area is 97.8 Å². The Morgan fingerprint density at radius 2 is 2.12 bits per heavy atom. The monoisotopic (exact) mass is 225 g/mol. The van der Waals surface area contributed by atoms with Crippen molar-refractivity contribution in [2.75, 3.05) is 26.7 Å². The van der Waals surface area contributed by atoms with Gasteiger partial charge in [0.2, 0.25) is 5.91 Å². The summed E-state index contributed by atoms with van der Waals surface area (Å²) >= 11 is 0. The maximum absolute atomic E-state index is 11.8. The lowest BCUT2D eigenvalue weighted by Crippen LogP contribution is -2.44. The molecule has 2 fully saturated rings. The highest BCUT2D eigenvalue weighted by Crippen LogP contribution is 2.11. The van der Waals surface area contributed by atoms with E-state index in [1.807, 2.05) is 0 Å². The van der Waals surface area contributed by atoms with Gasteiger partial charge in [-0.25, -0.2) is 0 Å². The van der Waals surface area contributed by atoms with E-state index in [9.17, 15) is 4.79 Å². The largest absolute Gasteiger partial charge is 0.353 e. The molecule has 0 aromatic heterocycles. The number of hydrogen-bond acceptors (Lipinski definition) is 3. The molecule has 2 aliphatic heterocycles. The number of rotatable bonds is 3. The Morgan fingerprint density at radius 1 is 1.38 bits per heavy atom. The van der Waals surface area contributed by atoms with E-state index in [-0.39, 0.29) is 5.91 Å². The molecule has 4 heteroatoms. The molecular weight excluding hydrogens is 202 g/mol. The summed E-state index contributed by atoms with van der Waals surface area (Å²) in [6.45, 7) is 3.28. The van der Waals surface area contributed by atoms with E-state index in [1.165, 1.54) is 6.42 Å². The molecule has 16 heavy (non-hydrogen) atoms. The van der Waals surface area contributed by atoms with Crippen LogP contribution in [-0.4, -0.2) is 49.6 Å². The predicted octanol–water partition coefficient (Wildman–Crippen LogP) is 0.339. The number of nitrogens with zero attached hydrogens (tertiary/aromatic N) is 1. The molecule has 2 rings (SSSR count). The van der Waals surface area contributed by atoms with Crippen molar-refractivity contribution in [3.8, 4) is 0 Å². The van der Waals surface area contributed by atoms with E-state index in [0.717, 1.165) is 38.9 Å². The molecule has 0 spiro atoms. The van der Waals surface area contributed by atoms with Crippen molar-refractivity contribution in [2.45, 2.75) is 44.2 Å². The standard InChI is InChI=1S/C12H23N3O/c1-15-7-4-10(5-8-15)14-12(16)9-11-3-2-6-13-11/h10-11,13H,2-9H2,1H3,(H,14,16). The Bertz CT molecular complexity index is 230. The first kappa shape index (κ1) is 11.9. The number of carbonyl (C=O) groups is 1. The highest BCUT2D eigenvalue weighted by molar-refractivity contribution is 5.76. The summed E-state index contributed by atoms with van der Waals surface area (Å²) < 4.78 is 0. The number of amides is 1. The zero-order chi connectivity index (χ0) is 11.4. The quantitative estimate of drug-likeness (QED) is 0.728. The second-order valence-electron chi connectivity index (χ2n) is 5.14. The molecule has 0 saturated carbocycles. The summed E-state index contributed by atoms with van der Waals surface area (Å²) in [6, 6.07) is 0.830. The van der Waals surface area contributed by atoms with Crippen LogP contribution >= 0.6 is 0 Å². The van der Waals surface area contributed by atoms with E-state index in [1.54, 1.807) is 0 Å². The van der Waals surface area contributed by atoms with Gasteiger partial charge in [0.25, 0.3) is 0 Å². The van der Waals surface area contributed by atoms with Crippen molar-refractivity contribution in [2.24, 2.45) is 0 Å². The summed E-state index contributed by atoms with van der Waals surface area (Å²) in [4.78, 5) is 14.1. The molecule has 0 bridgehead atoms. The maximum Gasteiger partial charge on any atom is 0.221 e.